The average molecular weight is 194 g/mol. The lowest BCUT2D eigenvalue weighted by atomic mass is 9.99. The molecule has 0 heterocycles. The van der Waals surface area contributed by atoms with E-state index in [1.54, 1.807) is 0 Å². The predicted octanol–water partition coefficient (Wildman–Crippen LogP) is 1.78. The van der Waals surface area contributed by atoms with E-state index in [9.17, 15) is 9.36 Å². The lowest BCUT2D eigenvalue weighted by Crippen LogP contribution is -2.14. The van der Waals surface area contributed by atoms with Crippen molar-refractivity contribution in [1.29, 1.82) is 0 Å². The summed E-state index contributed by atoms with van der Waals surface area (Å²) in [6, 6.07) is 0. The highest BCUT2D eigenvalue weighted by molar-refractivity contribution is 7.70. The van der Waals surface area contributed by atoms with E-state index in [4.69, 9.17) is 4.89 Å². The van der Waals surface area contributed by atoms with Gasteiger partial charge in [0.1, 0.15) is 0 Å². The molecule has 0 aromatic heterocycles. The fourth-order valence-corrected chi connectivity index (χ4v) is 1.12. The normalized spacial score (nSPS) is 17.1. The summed E-state index contributed by atoms with van der Waals surface area (Å²) < 4.78 is 15.6. The SMILES string of the molecule is CC(=O)P(=O)(O)OCC(C)(C)C. The standard InChI is InChI=1S/C7H15O4P/c1-6(8)12(9,10)11-5-7(2,3)4/h5H2,1-4H3,(H,9,10). The molecule has 1 unspecified atom stereocenters. The Kier molecular flexibility index (Phi) is 3.63. The largest absolute Gasteiger partial charge is 0.393 e. The van der Waals surface area contributed by atoms with Crippen LogP contribution in [0.5, 0.6) is 0 Å². The van der Waals surface area contributed by atoms with E-state index < -0.39 is 13.1 Å². The van der Waals surface area contributed by atoms with Crippen LogP contribution in [0.4, 0.5) is 0 Å². The molecule has 0 aliphatic carbocycles. The molecule has 72 valence electrons. The molecule has 0 aliphatic heterocycles. The minimum Gasteiger partial charge on any atom is -0.319 e. The van der Waals surface area contributed by atoms with Gasteiger partial charge in [-0.2, -0.15) is 0 Å². The number of hydrogen-bond acceptors (Lipinski definition) is 3. The van der Waals surface area contributed by atoms with Crippen LogP contribution in [0.25, 0.3) is 0 Å². The van der Waals surface area contributed by atoms with Crippen molar-refractivity contribution >= 4 is 13.1 Å². The lowest BCUT2D eigenvalue weighted by Gasteiger charge is -2.19. The van der Waals surface area contributed by atoms with Crippen LogP contribution in [0.15, 0.2) is 0 Å². The van der Waals surface area contributed by atoms with Crippen LogP contribution in [0.2, 0.25) is 0 Å². The van der Waals surface area contributed by atoms with Crippen molar-refractivity contribution in [2.24, 2.45) is 5.41 Å². The van der Waals surface area contributed by atoms with Crippen LogP contribution in [0.1, 0.15) is 27.7 Å². The Morgan fingerprint density at radius 2 is 1.92 bits per heavy atom. The monoisotopic (exact) mass is 194 g/mol. The number of carbonyl (C=O) groups excluding carboxylic acids is 1. The first-order valence-electron chi connectivity index (χ1n) is 3.64. The summed E-state index contributed by atoms with van der Waals surface area (Å²) in [7, 11) is -4.00. The summed E-state index contributed by atoms with van der Waals surface area (Å²) in [5.74, 6) is 0. The van der Waals surface area contributed by atoms with Crippen molar-refractivity contribution < 1.29 is 18.8 Å². The van der Waals surface area contributed by atoms with E-state index in [2.05, 4.69) is 4.52 Å². The van der Waals surface area contributed by atoms with E-state index in [0.29, 0.717) is 0 Å². The Morgan fingerprint density at radius 1 is 1.50 bits per heavy atom. The molecule has 0 saturated carbocycles. The molecule has 0 saturated heterocycles. The average Bonchev–Trinajstić information content (AvgIpc) is 1.82. The minimum atomic E-state index is -4.00. The summed E-state index contributed by atoms with van der Waals surface area (Å²) in [5.41, 5.74) is -1.03. The molecule has 0 radical (unpaired) electrons. The van der Waals surface area contributed by atoms with Crippen LogP contribution < -0.4 is 0 Å². The number of rotatable bonds is 3. The molecule has 12 heavy (non-hydrogen) atoms. The van der Waals surface area contributed by atoms with Gasteiger partial charge in [0.25, 0.3) is 0 Å². The van der Waals surface area contributed by atoms with E-state index in [1.807, 2.05) is 20.8 Å². The van der Waals surface area contributed by atoms with Crippen LogP contribution in [0.3, 0.4) is 0 Å². The second-order valence-corrected chi connectivity index (χ2v) is 5.80. The van der Waals surface area contributed by atoms with Gasteiger partial charge in [-0.1, -0.05) is 20.8 Å². The van der Waals surface area contributed by atoms with Gasteiger partial charge >= 0.3 is 7.60 Å². The summed E-state index contributed by atoms with van der Waals surface area (Å²) >= 11 is 0. The third-order valence-corrected chi connectivity index (χ3v) is 2.35. The molecule has 0 fully saturated rings. The Balaban J connectivity index is 4.11. The third kappa shape index (κ3) is 4.65. The van der Waals surface area contributed by atoms with Gasteiger partial charge in [0.2, 0.25) is 5.52 Å². The molecule has 0 aliphatic rings. The first-order chi connectivity index (χ1) is 5.15. The molecular weight excluding hydrogens is 179 g/mol. The molecule has 4 nitrogen and oxygen atoms in total. The molecule has 5 heteroatoms. The number of carbonyl (C=O) groups is 1. The highest BCUT2D eigenvalue weighted by Gasteiger charge is 2.28. The van der Waals surface area contributed by atoms with Crippen molar-refractivity contribution in [3.05, 3.63) is 0 Å². The van der Waals surface area contributed by atoms with Crippen molar-refractivity contribution in [3.63, 3.8) is 0 Å². The molecule has 0 amide bonds. The maximum absolute atomic E-state index is 10.9. The predicted molar refractivity (Wildman–Crippen MR) is 45.9 cm³/mol. The van der Waals surface area contributed by atoms with Crippen molar-refractivity contribution in [2.45, 2.75) is 27.7 Å². The first kappa shape index (κ1) is 11.8. The minimum absolute atomic E-state index is 0.0976. The highest BCUT2D eigenvalue weighted by Crippen LogP contribution is 2.43. The van der Waals surface area contributed by atoms with Gasteiger partial charge in [-0.15, -0.1) is 0 Å². The smallest absolute Gasteiger partial charge is 0.319 e. The molecule has 1 atom stereocenters. The zero-order chi connectivity index (χ0) is 9.99. The van der Waals surface area contributed by atoms with Gasteiger partial charge in [0, 0.05) is 6.92 Å². The van der Waals surface area contributed by atoms with Crippen LogP contribution >= 0.6 is 7.60 Å². The second-order valence-electron chi connectivity index (χ2n) is 3.87. The van der Waals surface area contributed by atoms with E-state index in [-0.39, 0.29) is 12.0 Å². The quantitative estimate of drug-likeness (QED) is 0.695. The molecule has 0 bridgehead atoms. The Labute approximate surface area is 72.5 Å². The van der Waals surface area contributed by atoms with E-state index in [1.165, 1.54) is 0 Å². The van der Waals surface area contributed by atoms with Crippen LogP contribution in [-0.4, -0.2) is 17.0 Å². The van der Waals surface area contributed by atoms with Gasteiger partial charge in [0.05, 0.1) is 6.61 Å². The molecule has 1 N–H and O–H groups in total. The molecule has 0 rings (SSSR count). The summed E-state index contributed by atoms with van der Waals surface area (Å²) in [6.45, 7) is 6.71. The fourth-order valence-electron chi connectivity index (χ4n) is 0.372. The van der Waals surface area contributed by atoms with Gasteiger partial charge in [-0.25, -0.2) is 0 Å². The van der Waals surface area contributed by atoms with Crippen LogP contribution in [0, 0.1) is 5.41 Å². The summed E-state index contributed by atoms with van der Waals surface area (Å²) in [6.07, 6.45) is 0. The topological polar surface area (TPSA) is 63.6 Å². The summed E-state index contributed by atoms with van der Waals surface area (Å²) in [4.78, 5) is 19.5. The van der Waals surface area contributed by atoms with E-state index in [0.717, 1.165) is 6.92 Å². The maximum Gasteiger partial charge on any atom is 0.393 e. The Hall–Kier alpha value is -0.180. The Bertz CT molecular complexity index is 216. The lowest BCUT2D eigenvalue weighted by molar-refractivity contribution is -0.111. The van der Waals surface area contributed by atoms with Gasteiger partial charge < -0.3 is 9.42 Å². The fraction of sp³-hybridized carbons (Fsp3) is 0.857. The highest BCUT2D eigenvalue weighted by atomic mass is 31.2. The summed E-state index contributed by atoms with van der Waals surface area (Å²) in [5, 5.41) is 0. The molecule has 0 spiro atoms. The second kappa shape index (κ2) is 3.69. The number of hydrogen-bond donors (Lipinski definition) is 1. The van der Waals surface area contributed by atoms with Crippen molar-refractivity contribution in [2.75, 3.05) is 6.61 Å². The van der Waals surface area contributed by atoms with Gasteiger partial charge in [0.15, 0.2) is 0 Å². The van der Waals surface area contributed by atoms with Gasteiger partial charge in [-0.3, -0.25) is 9.36 Å². The molecule has 0 aromatic carbocycles. The van der Waals surface area contributed by atoms with Crippen molar-refractivity contribution in [3.8, 4) is 0 Å². The zero-order valence-electron chi connectivity index (χ0n) is 7.83. The molecule has 0 aromatic rings. The van der Waals surface area contributed by atoms with Gasteiger partial charge in [-0.05, 0) is 5.41 Å². The molecular formula is C7H15O4P. The van der Waals surface area contributed by atoms with Crippen LogP contribution in [-0.2, 0) is 13.9 Å². The van der Waals surface area contributed by atoms with E-state index >= 15 is 0 Å². The third-order valence-electron chi connectivity index (χ3n) is 1.07. The zero-order valence-corrected chi connectivity index (χ0v) is 8.72. The first-order valence-corrected chi connectivity index (χ1v) is 5.21. The Morgan fingerprint density at radius 3 is 2.17 bits per heavy atom. The maximum atomic E-state index is 10.9. The van der Waals surface area contributed by atoms with Crippen molar-refractivity contribution in [1.82, 2.24) is 0 Å².